The summed E-state index contributed by atoms with van der Waals surface area (Å²) in [5.41, 5.74) is 4.60. The molecule has 0 saturated heterocycles. The number of nitrogens with zero attached hydrogens (tertiary/aromatic N) is 2. The van der Waals surface area contributed by atoms with E-state index < -0.39 is 15.9 Å². The summed E-state index contributed by atoms with van der Waals surface area (Å²) in [4.78, 5) is 11.1. The molecule has 0 fully saturated rings. The molecule has 1 aromatic heterocycles. The van der Waals surface area contributed by atoms with Crippen LogP contribution in [-0.2, 0) is 21.9 Å². The first-order valence-corrected chi connectivity index (χ1v) is 9.51. The van der Waals surface area contributed by atoms with E-state index in [1.807, 2.05) is 49.0 Å². The lowest BCUT2D eigenvalue weighted by Gasteiger charge is -2.08. The van der Waals surface area contributed by atoms with Crippen molar-refractivity contribution in [1.29, 1.82) is 0 Å². The third-order valence-electron chi connectivity index (χ3n) is 4.11. The average Bonchev–Trinajstić information content (AvgIpc) is 2.90. The minimum atomic E-state index is -3.85. The summed E-state index contributed by atoms with van der Waals surface area (Å²) in [6.45, 7) is 3.13. The maximum atomic E-state index is 12.1. The molecule has 2 aromatic carbocycles. The Morgan fingerprint density at radius 1 is 1.00 bits per heavy atom. The second-order valence-electron chi connectivity index (χ2n) is 5.98. The third-order valence-corrected chi connectivity index (χ3v) is 5.56. The molecule has 134 valence electrons. The van der Waals surface area contributed by atoms with Crippen molar-refractivity contribution in [2.45, 2.75) is 18.7 Å². The maximum absolute atomic E-state index is 12.1. The number of nitrogens with one attached hydrogen (secondary N) is 1. The van der Waals surface area contributed by atoms with Gasteiger partial charge in [0.05, 0.1) is 4.90 Å². The summed E-state index contributed by atoms with van der Waals surface area (Å²) in [7, 11) is -1.97. The molecule has 0 bridgehead atoms. The molecule has 0 unspecified atom stereocenters. The Bertz CT molecular complexity index is 1050. The smallest absolute Gasteiger partial charge is 0.264 e. The molecule has 3 rings (SSSR count). The molecule has 0 saturated carbocycles. The Morgan fingerprint density at radius 2 is 1.62 bits per heavy atom. The van der Waals surface area contributed by atoms with Crippen LogP contribution in [0.2, 0.25) is 0 Å². The molecule has 0 atom stereocenters. The Morgan fingerprint density at radius 3 is 2.19 bits per heavy atom. The Balaban J connectivity index is 2.07. The molecule has 26 heavy (non-hydrogen) atoms. The van der Waals surface area contributed by atoms with Crippen molar-refractivity contribution in [3.8, 4) is 22.4 Å². The summed E-state index contributed by atoms with van der Waals surface area (Å²) in [5, 5.41) is 4.61. The normalized spacial score (nSPS) is 11.3. The zero-order valence-electron chi connectivity index (χ0n) is 14.7. The van der Waals surface area contributed by atoms with Crippen LogP contribution in [0.4, 0.5) is 0 Å². The fraction of sp³-hybridized carbons (Fsp3) is 0.158. The lowest BCUT2D eigenvalue weighted by molar-refractivity contribution is -0.117. The van der Waals surface area contributed by atoms with Crippen LogP contribution < -0.4 is 4.72 Å². The molecule has 1 heterocycles. The zero-order chi connectivity index (χ0) is 18.9. The molecular formula is C19H19N3O3S. The number of aromatic nitrogens is 2. The van der Waals surface area contributed by atoms with Crippen LogP contribution in [0.25, 0.3) is 22.4 Å². The topological polar surface area (TPSA) is 81.1 Å². The molecule has 0 radical (unpaired) electrons. The highest BCUT2D eigenvalue weighted by molar-refractivity contribution is 7.90. The SMILES string of the molecule is CC(=O)NS(=O)(=O)c1ccc(-c2c(-c3ccccc3)nn(C)c2C)cc1. The van der Waals surface area contributed by atoms with E-state index >= 15 is 0 Å². The molecule has 0 aliphatic carbocycles. The predicted octanol–water partition coefficient (Wildman–Crippen LogP) is 2.89. The van der Waals surface area contributed by atoms with E-state index in [4.69, 9.17) is 0 Å². The Labute approximate surface area is 152 Å². The van der Waals surface area contributed by atoms with Crippen LogP contribution in [0.5, 0.6) is 0 Å². The standard InChI is InChI=1S/C19H19N3O3S/c1-13-18(19(20-22(13)3)16-7-5-4-6-8-16)15-9-11-17(12-10-15)26(24,25)21-14(2)23/h4-12H,1-3H3,(H,21,23). The van der Waals surface area contributed by atoms with E-state index in [9.17, 15) is 13.2 Å². The molecular weight excluding hydrogens is 350 g/mol. The van der Waals surface area contributed by atoms with Gasteiger partial charge in [-0.2, -0.15) is 5.10 Å². The first kappa shape index (κ1) is 17.9. The zero-order valence-corrected chi connectivity index (χ0v) is 15.5. The first-order valence-electron chi connectivity index (χ1n) is 8.02. The highest BCUT2D eigenvalue weighted by Gasteiger charge is 2.19. The summed E-state index contributed by atoms with van der Waals surface area (Å²) in [5.74, 6) is -0.622. The number of hydrogen-bond acceptors (Lipinski definition) is 4. The van der Waals surface area contributed by atoms with Crippen molar-refractivity contribution >= 4 is 15.9 Å². The van der Waals surface area contributed by atoms with Crippen LogP contribution in [0.15, 0.2) is 59.5 Å². The summed E-state index contributed by atoms with van der Waals surface area (Å²) < 4.78 is 28.0. The van der Waals surface area contributed by atoms with E-state index in [0.717, 1.165) is 35.0 Å². The fourth-order valence-corrected chi connectivity index (χ4v) is 3.79. The lowest BCUT2D eigenvalue weighted by Crippen LogP contribution is -2.28. The van der Waals surface area contributed by atoms with E-state index in [1.54, 1.807) is 16.8 Å². The number of carbonyl (C=O) groups excluding carboxylic acids is 1. The second kappa shape index (κ2) is 6.76. The van der Waals surface area contributed by atoms with Gasteiger partial charge in [0, 0.05) is 30.8 Å². The maximum Gasteiger partial charge on any atom is 0.264 e. The van der Waals surface area contributed by atoms with E-state index in [2.05, 4.69) is 5.10 Å². The Kier molecular flexibility index (Phi) is 4.65. The number of rotatable bonds is 4. The summed E-state index contributed by atoms with van der Waals surface area (Å²) in [6.07, 6.45) is 0. The lowest BCUT2D eigenvalue weighted by atomic mass is 9.99. The molecule has 0 spiro atoms. The number of carbonyl (C=O) groups is 1. The van der Waals surface area contributed by atoms with Crippen LogP contribution >= 0.6 is 0 Å². The van der Waals surface area contributed by atoms with Gasteiger partial charge < -0.3 is 0 Å². The molecule has 1 N–H and O–H groups in total. The van der Waals surface area contributed by atoms with Crippen LogP contribution in [0.3, 0.4) is 0 Å². The average molecular weight is 369 g/mol. The predicted molar refractivity (Wildman–Crippen MR) is 99.8 cm³/mol. The molecule has 3 aromatic rings. The fourth-order valence-electron chi connectivity index (χ4n) is 2.80. The van der Waals surface area contributed by atoms with E-state index in [-0.39, 0.29) is 4.90 Å². The second-order valence-corrected chi connectivity index (χ2v) is 7.67. The summed E-state index contributed by atoms with van der Waals surface area (Å²) >= 11 is 0. The van der Waals surface area contributed by atoms with Gasteiger partial charge in [-0.3, -0.25) is 9.48 Å². The van der Waals surface area contributed by atoms with Crippen LogP contribution in [-0.4, -0.2) is 24.1 Å². The largest absolute Gasteiger partial charge is 0.274 e. The number of sulfonamides is 1. The number of benzene rings is 2. The van der Waals surface area contributed by atoms with Gasteiger partial charge in [0.15, 0.2) is 0 Å². The number of hydrogen-bond donors (Lipinski definition) is 1. The summed E-state index contributed by atoms with van der Waals surface area (Å²) in [6, 6.07) is 16.3. The van der Waals surface area contributed by atoms with Gasteiger partial charge in [-0.25, -0.2) is 13.1 Å². The quantitative estimate of drug-likeness (QED) is 0.767. The van der Waals surface area contributed by atoms with Crippen LogP contribution in [0, 0.1) is 6.92 Å². The monoisotopic (exact) mass is 369 g/mol. The van der Waals surface area contributed by atoms with Gasteiger partial charge >= 0.3 is 0 Å². The van der Waals surface area contributed by atoms with Gasteiger partial charge in [0.2, 0.25) is 5.91 Å². The van der Waals surface area contributed by atoms with E-state index in [1.165, 1.54) is 12.1 Å². The molecule has 0 aliphatic heterocycles. The number of aryl methyl sites for hydroxylation is 1. The van der Waals surface area contributed by atoms with Crippen molar-refractivity contribution in [1.82, 2.24) is 14.5 Å². The van der Waals surface area contributed by atoms with Crippen molar-refractivity contribution in [2.75, 3.05) is 0 Å². The highest BCUT2D eigenvalue weighted by atomic mass is 32.2. The highest BCUT2D eigenvalue weighted by Crippen LogP contribution is 2.34. The third kappa shape index (κ3) is 3.39. The van der Waals surface area contributed by atoms with Gasteiger partial charge in [0.1, 0.15) is 5.69 Å². The van der Waals surface area contributed by atoms with Gasteiger partial charge in [-0.05, 0) is 24.6 Å². The molecule has 7 heteroatoms. The molecule has 0 aliphatic rings. The minimum absolute atomic E-state index is 0.0410. The van der Waals surface area contributed by atoms with Crippen LogP contribution in [0.1, 0.15) is 12.6 Å². The van der Waals surface area contributed by atoms with Crippen molar-refractivity contribution in [3.05, 3.63) is 60.3 Å². The van der Waals surface area contributed by atoms with Gasteiger partial charge in [-0.15, -0.1) is 0 Å². The minimum Gasteiger partial charge on any atom is -0.274 e. The molecule has 6 nitrogen and oxygen atoms in total. The van der Waals surface area contributed by atoms with Crippen molar-refractivity contribution in [3.63, 3.8) is 0 Å². The van der Waals surface area contributed by atoms with Gasteiger partial charge in [-0.1, -0.05) is 42.5 Å². The van der Waals surface area contributed by atoms with Crippen molar-refractivity contribution in [2.24, 2.45) is 7.05 Å². The van der Waals surface area contributed by atoms with E-state index in [0.29, 0.717) is 0 Å². The Hall–Kier alpha value is -2.93. The first-order chi connectivity index (χ1) is 12.3. The van der Waals surface area contributed by atoms with Gasteiger partial charge in [0.25, 0.3) is 10.0 Å². The molecule has 1 amide bonds. The number of amides is 1. The van der Waals surface area contributed by atoms with Crippen molar-refractivity contribution < 1.29 is 13.2 Å².